The Balaban J connectivity index is 1.78. The zero-order valence-electron chi connectivity index (χ0n) is 16.8. The Kier molecular flexibility index (Phi) is 5.98. The lowest BCUT2D eigenvalue weighted by atomic mass is 10.2. The van der Waals surface area contributed by atoms with Crippen molar-refractivity contribution in [2.45, 2.75) is 13.1 Å². The SMILES string of the molecule is O=C(NCc1ccncc1)c1nn(-c2ccccc2)c(=O)n(Cc2ccccc2F)c1=O. The van der Waals surface area contributed by atoms with Crippen molar-refractivity contribution in [3.8, 4) is 5.69 Å². The summed E-state index contributed by atoms with van der Waals surface area (Å²) in [6.07, 6.45) is 3.16. The first-order chi connectivity index (χ1) is 15.5. The van der Waals surface area contributed by atoms with E-state index >= 15 is 0 Å². The van der Waals surface area contributed by atoms with Gasteiger partial charge in [-0.25, -0.2) is 9.18 Å². The monoisotopic (exact) mass is 431 g/mol. The Bertz CT molecular complexity index is 1370. The molecule has 1 amide bonds. The van der Waals surface area contributed by atoms with Gasteiger partial charge in [-0.15, -0.1) is 0 Å². The van der Waals surface area contributed by atoms with Crippen LogP contribution in [0.3, 0.4) is 0 Å². The third-order valence-corrected chi connectivity index (χ3v) is 4.76. The predicted molar refractivity (Wildman–Crippen MR) is 115 cm³/mol. The maximum atomic E-state index is 14.2. The van der Waals surface area contributed by atoms with Crippen LogP contribution < -0.4 is 16.6 Å². The quantitative estimate of drug-likeness (QED) is 0.503. The molecule has 8 nitrogen and oxygen atoms in total. The van der Waals surface area contributed by atoms with E-state index in [1.807, 2.05) is 0 Å². The number of nitrogens with zero attached hydrogens (tertiary/aromatic N) is 4. The Morgan fingerprint density at radius 2 is 1.62 bits per heavy atom. The van der Waals surface area contributed by atoms with E-state index in [1.54, 1.807) is 60.9 Å². The molecule has 2 aromatic carbocycles. The molecule has 2 heterocycles. The molecule has 2 aromatic heterocycles. The van der Waals surface area contributed by atoms with Crippen molar-refractivity contribution in [3.63, 3.8) is 0 Å². The second kappa shape index (κ2) is 9.17. The average Bonchev–Trinajstić information content (AvgIpc) is 2.82. The minimum absolute atomic E-state index is 0.139. The van der Waals surface area contributed by atoms with Gasteiger partial charge >= 0.3 is 5.69 Å². The van der Waals surface area contributed by atoms with Gasteiger partial charge in [-0.1, -0.05) is 36.4 Å². The van der Waals surface area contributed by atoms with Gasteiger partial charge in [0.2, 0.25) is 5.69 Å². The molecule has 0 aliphatic heterocycles. The summed E-state index contributed by atoms with van der Waals surface area (Å²) in [6.45, 7) is -0.204. The average molecular weight is 431 g/mol. The van der Waals surface area contributed by atoms with Crippen LogP contribution in [0.15, 0.2) is 88.7 Å². The van der Waals surface area contributed by atoms with Crippen molar-refractivity contribution >= 4 is 5.91 Å². The highest BCUT2D eigenvalue weighted by molar-refractivity contribution is 5.91. The number of nitrogens with one attached hydrogen (secondary N) is 1. The molecular formula is C23H18FN5O3. The Morgan fingerprint density at radius 1 is 0.938 bits per heavy atom. The number of pyridine rings is 1. The minimum Gasteiger partial charge on any atom is -0.346 e. The summed E-state index contributed by atoms with van der Waals surface area (Å²) >= 11 is 0. The number of halogens is 1. The largest absolute Gasteiger partial charge is 0.352 e. The highest BCUT2D eigenvalue weighted by Gasteiger charge is 2.21. The third kappa shape index (κ3) is 4.36. The molecule has 4 aromatic rings. The highest BCUT2D eigenvalue weighted by atomic mass is 19.1. The standard InChI is InChI=1S/C23H18FN5O3/c24-19-9-5-4-6-17(19)15-28-22(31)20(21(30)26-14-16-10-12-25-13-11-16)27-29(23(28)32)18-7-2-1-3-8-18/h1-13H,14-15H2,(H,26,30). The summed E-state index contributed by atoms with van der Waals surface area (Å²) in [6, 6.07) is 17.6. The van der Waals surface area contributed by atoms with Crippen molar-refractivity contribution in [1.29, 1.82) is 0 Å². The number of rotatable bonds is 6. The van der Waals surface area contributed by atoms with Crippen molar-refractivity contribution in [2.75, 3.05) is 0 Å². The Hall–Kier alpha value is -4.40. The first-order valence-corrected chi connectivity index (χ1v) is 9.74. The van der Waals surface area contributed by atoms with Gasteiger partial charge in [0.15, 0.2) is 0 Å². The molecule has 0 unspecified atom stereocenters. The summed E-state index contributed by atoms with van der Waals surface area (Å²) in [7, 11) is 0. The molecule has 0 bridgehead atoms. The smallest absolute Gasteiger partial charge is 0.346 e. The molecule has 0 fully saturated rings. The minimum atomic E-state index is -0.905. The lowest BCUT2D eigenvalue weighted by molar-refractivity contribution is 0.0941. The van der Waals surface area contributed by atoms with Gasteiger partial charge in [0, 0.05) is 24.5 Å². The molecule has 0 radical (unpaired) electrons. The summed E-state index contributed by atoms with van der Waals surface area (Å²) < 4.78 is 16.0. The van der Waals surface area contributed by atoms with Crippen LogP contribution in [0.2, 0.25) is 0 Å². The number of carbonyl (C=O) groups excluding carboxylic acids is 1. The number of hydrogen-bond acceptors (Lipinski definition) is 5. The fourth-order valence-electron chi connectivity index (χ4n) is 3.10. The van der Waals surface area contributed by atoms with Gasteiger partial charge in [0.25, 0.3) is 11.5 Å². The van der Waals surface area contributed by atoms with Gasteiger partial charge in [-0.05, 0) is 35.9 Å². The van der Waals surface area contributed by atoms with E-state index in [2.05, 4.69) is 15.4 Å². The normalized spacial score (nSPS) is 10.7. The molecule has 4 rings (SSSR count). The number of para-hydroxylation sites is 1. The Labute approximate surface area is 181 Å². The predicted octanol–water partition coefficient (Wildman–Crippen LogP) is 1.91. The van der Waals surface area contributed by atoms with Crippen molar-refractivity contribution < 1.29 is 9.18 Å². The van der Waals surface area contributed by atoms with E-state index in [9.17, 15) is 18.8 Å². The summed E-state index contributed by atoms with van der Waals surface area (Å²) in [5, 5.41) is 6.66. The summed E-state index contributed by atoms with van der Waals surface area (Å²) in [5.74, 6) is -1.32. The van der Waals surface area contributed by atoms with Crippen molar-refractivity contribution in [1.82, 2.24) is 24.6 Å². The van der Waals surface area contributed by atoms with Gasteiger partial charge in [-0.2, -0.15) is 9.78 Å². The van der Waals surface area contributed by atoms with Crippen LogP contribution >= 0.6 is 0 Å². The molecule has 32 heavy (non-hydrogen) atoms. The molecule has 1 N–H and O–H groups in total. The van der Waals surface area contributed by atoms with Crippen LogP contribution in [0, 0.1) is 5.82 Å². The van der Waals surface area contributed by atoms with Gasteiger partial charge in [0.1, 0.15) is 5.82 Å². The van der Waals surface area contributed by atoms with Crippen LogP contribution in [-0.2, 0) is 13.1 Å². The van der Waals surface area contributed by atoms with E-state index in [-0.39, 0.29) is 18.7 Å². The maximum absolute atomic E-state index is 14.2. The van der Waals surface area contributed by atoms with Gasteiger partial charge in [-0.3, -0.25) is 19.1 Å². The number of aromatic nitrogens is 4. The number of hydrogen-bond donors (Lipinski definition) is 1. The lowest BCUT2D eigenvalue weighted by Crippen LogP contribution is -2.46. The van der Waals surface area contributed by atoms with E-state index in [4.69, 9.17) is 0 Å². The lowest BCUT2D eigenvalue weighted by Gasteiger charge is -2.12. The number of carbonyl (C=O) groups is 1. The molecule has 160 valence electrons. The zero-order chi connectivity index (χ0) is 22.5. The zero-order valence-corrected chi connectivity index (χ0v) is 16.8. The van der Waals surface area contributed by atoms with Crippen molar-refractivity contribution in [2.24, 2.45) is 0 Å². The topological polar surface area (TPSA) is 98.9 Å². The molecule has 0 saturated heterocycles. The molecule has 0 spiro atoms. The summed E-state index contributed by atoms with van der Waals surface area (Å²) in [5.41, 5.74) is -0.883. The fraction of sp³-hybridized carbons (Fsp3) is 0.0870. The van der Waals surface area contributed by atoms with E-state index < -0.39 is 28.7 Å². The van der Waals surface area contributed by atoms with E-state index in [1.165, 1.54) is 18.2 Å². The second-order valence-electron chi connectivity index (χ2n) is 6.90. The van der Waals surface area contributed by atoms with Crippen LogP contribution in [0.4, 0.5) is 4.39 Å². The highest BCUT2D eigenvalue weighted by Crippen LogP contribution is 2.08. The van der Waals surface area contributed by atoms with Gasteiger partial charge < -0.3 is 5.32 Å². The summed E-state index contributed by atoms with van der Waals surface area (Å²) in [4.78, 5) is 42.8. The Morgan fingerprint density at radius 3 is 2.34 bits per heavy atom. The third-order valence-electron chi connectivity index (χ3n) is 4.76. The molecule has 9 heteroatoms. The first kappa shape index (κ1) is 20.9. The van der Waals surface area contributed by atoms with Crippen LogP contribution in [0.25, 0.3) is 5.69 Å². The van der Waals surface area contributed by atoms with E-state index in [0.717, 1.165) is 14.8 Å². The molecule has 0 aliphatic rings. The number of benzene rings is 2. The van der Waals surface area contributed by atoms with E-state index in [0.29, 0.717) is 5.69 Å². The molecule has 0 atom stereocenters. The van der Waals surface area contributed by atoms with Crippen LogP contribution in [0.5, 0.6) is 0 Å². The van der Waals surface area contributed by atoms with Crippen molar-refractivity contribution in [3.05, 3.63) is 123 Å². The molecular weight excluding hydrogens is 413 g/mol. The van der Waals surface area contributed by atoms with Crippen LogP contribution in [0.1, 0.15) is 21.6 Å². The maximum Gasteiger partial charge on any atom is 0.352 e. The van der Waals surface area contributed by atoms with Gasteiger partial charge in [0.05, 0.1) is 12.2 Å². The number of amides is 1. The fourth-order valence-corrected chi connectivity index (χ4v) is 3.10. The second-order valence-corrected chi connectivity index (χ2v) is 6.90. The van der Waals surface area contributed by atoms with Crippen LogP contribution in [-0.4, -0.2) is 25.2 Å². The first-order valence-electron chi connectivity index (χ1n) is 9.74. The molecule has 0 saturated carbocycles. The molecule has 0 aliphatic carbocycles.